The van der Waals surface area contributed by atoms with E-state index in [1.807, 2.05) is 6.07 Å². The topological polar surface area (TPSA) is 83.6 Å². The third-order valence-corrected chi connectivity index (χ3v) is 4.26. The van der Waals surface area contributed by atoms with Gasteiger partial charge < -0.3 is 15.0 Å². The predicted octanol–water partition coefficient (Wildman–Crippen LogP) is 1.01. The molecule has 1 fully saturated rings. The molecule has 1 heterocycles. The number of rotatable bonds is 5. The first-order chi connectivity index (χ1) is 11.5. The SMILES string of the molecule is CCOC(=O)[C@@H]1CCC[NH+](CC(=O)Nc2cc(Cl)ccc2C#N)C1. The molecule has 0 aliphatic carbocycles. The summed E-state index contributed by atoms with van der Waals surface area (Å²) in [4.78, 5) is 25.2. The highest BCUT2D eigenvalue weighted by Crippen LogP contribution is 2.20. The van der Waals surface area contributed by atoms with Gasteiger partial charge in [-0.1, -0.05) is 11.6 Å². The van der Waals surface area contributed by atoms with Gasteiger partial charge in [-0.25, -0.2) is 0 Å². The Morgan fingerprint density at radius 3 is 3.00 bits per heavy atom. The fourth-order valence-corrected chi connectivity index (χ4v) is 3.08. The Bertz CT molecular complexity index is 657. The number of anilines is 1. The minimum atomic E-state index is -0.201. The van der Waals surface area contributed by atoms with Crippen LogP contribution in [0.25, 0.3) is 0 Å². The van der Waals surface area contributed by atoms with E-state index >= 15 is 0 Å². The van der Waals surface area contributed by atoms with Crippen molar-refractivity contribution >= 4 is 29.2 Å². The molecule has 6 nitrogen and oxygen atoms in total. The number of amides is 1. The predicted molar refractivity (Wildman–Crippen MR) is 89.7 cm³/mol. The van der Waals surface area contributed by atoms with E-state index < -0.39 is 0 Å². The van der Waals surface area contributed by atoms with Crippen LogP contribution in [0.5, 0.6) is 0 Å². The van der Waals surface area contributed by atoms with Crippen LogP contribution in [0, 0.1) is 17.2 Å². The van der Waals surface area contributed by atoms with Gasteiger partial charge >= 0.3 is 5.97 Å². The lowest BCUT2D eigenvalue weighted by Gasteiger charge is -2.28. The zero-order valence-corrected chi connectivity index (χ0v) is 14.4. The molecule has 1 aromatic rings. The largest absolute Gasteiger partial charge is 0.466 e. The van der Waals surface area contributed by atoms with E-state index in [9.17, 15) is 9.59 Å². The van der Waals surface area contributed by atoms with Crippen LogP contribution in [0.15, 0.2) is 18.2 Å². The van der Waals surface area contributed by atoms with Crippen molar-refractivity contribution in [3.05, 3.63) is 28.8 Å². The van der Waals surface area contributed by atoms with Gasteiger partial charge in [0.1, 0.15) is 12.0 Å². The Labute approximate surface area is 146 Å². The fourth-order valence-electron chi connectivity index (χ4n) is 2.91. The number of piperidine rings is 1. The van der Waals surface area contributed by atoms with Crippen molar-refractivity contribution in [2.24, 2.45) is 5.92 Å². The average molecular weight is 351 g/mol. The van der Waals surface area contributed by atoms with E-state index in [1.165, 1.54) is 0 Å². The summed E-state index contributed by atoms with van der Waals surface area (Å²) in [6, 6.07) is 6.77. The summed E-state index contributed by atoms with van der Waals surface area (Å²) in [7, 11) is 0. The lowest BCUT2D eigenvalue weighted by atomic mass is 9.98. The third kappa shape index (κ3) is 4.95. The Kier molecular flexibility index (Phi) is 6.59. The molecule has 1 unspecified atom stereocenters. The molecule has 128 valence electrons. The molecule has 0 saturated carbocycles. The van der Waals surface area contributed by atoms with Crippen LogP contribution in [0.2, 0.25) is 5.02 Å². The van der Waals surface area contributed by atoms with Crippen molar-refractivity contribution in [3.8, 4) is 6.07 Å². The van der Waals surface area contributed by atoms with Gasteiger partial charge in [0, 0.05) is 5.02 Å². The molecule has 1 saturated heterocycles. The maximum Gasteiger partial charge on any atom is 0.314 e. The van der Waals surface area contributed by atoms with Crippen molar-refractivity contribution in [1.29, 1.82) is 5.26 Å². The van der Waals surface area contributed by atoms with E-state index in [1.54, 1.807) is 25.1 Å². The first kappa shape index (κ1) is 18.2. The summed E-state index contributed by atoms with van der Waals surface area (Å²) in [5.41, 5.74) is 0.777. The monoisotopic (exact) mass is 350 g/mol. The number of benzene rings is 1. The Morgan fingerprint density at radius 2 is 2.29 bits per heavy atom. The smallest absolute Gasteiger partial charge is 0.314 e. The normalized spacial score (nSPS) is 20.0. The summed E-state index contributed by atoms with van der Waals surface area (Å²) in [6.07, 6.45) is 1.68. The molecule has 24 heavy (non-hydrogen) atoms. The standard InChI is InChI=1S/C17H20ClN3O3/c1-2-24-17(23)13-4-3-7-21(10-13)11-16(22)20-15-8-14(18)6-5-12(15)9-19/h5-6,8,13H,2-4,7,10-11H2,1H3,(H,20,22)/p+1/t13-/m1/s1. The van der Waals surface area contributed by atoms with Crippen LogP contribution in [0.3, 0.4) is 0 Å². The molecule has 0 aromatic heterocycles. The summed E-state index contributed by atoms with van der Waals surface area (Å²) >= 11 is 5.92. The number of nitrogens with zero attached hydrogens (tertiary/aromatic N) is 1. The van der Waals surface area contributed by atoms with Gasteiger partial charge in [-0.3, -0.25) is 9.59 Å². The van der Waals surface area contributed by atoms with Gasteiger partial charge in [0.05, 0.1) is 30.9 Å². The van der Waals surface area contributed by atoms with Gasteiger partial charge in [-0.15, -0.1) is 0 Å². The van der Waals surface area contributed by atoms with Gasteiger partial charge in [-0.2, -0.15) is 5.26 Å². The number of esters is 1. The zero-order chi connectivity index (χ0) is 17.5. The molecular weight excluding hydrogens is 330 g/mol. The van der Waals surface area contributed by atoms with Crippen molar-refractivity contribution in [3.63, 3.8) is 0 Å². The number of quaternary nitrogens is 1. The number of nitrogens with one attached hydrogen (secondary N) is 2. The van der Waals surface area contributed by atoms with E-state index in [0.717, 1.165) is 24.3 Å². The minimum Gasteiger partial charge on any atom is -0.466 e. The van der Waals surface area contributed by atoms with Crippen molar-refractivity contribution < 1.29 is 19.2 Å². The highest BCUT2D eigenvalue weighted by molar-refractivity contribution is 6.31. The number of nitriles is 1. The zero-order valence-electron chi connectivity index (χ0n) is 13.6. The number of hydrogen-bond donors (Lipinski definition) is 2. The van der Waals surface area contributed by atoms with Crippen molar-refractivity contribution in [1.82, 2.24) is 0 Å². The molecule has 0 bridgehead atoms. The van der Waals surface area contributed by atoms with Gasteiger partial charge in [0.15, 0.2) is 6.54 Å². The maximum absolute atomic E-state index is 12.3. The van der Waals surface area contributed by atoms with Gasteiger partial charge in [0.25, 0.3) is 5.91 Å². The molecule has 1 amide bonds. The van der Waals surface area contributed by atoms with Gasteiger partial charge in [-0.05, 0) is 38.0 Å². The number of halogens is 1. The summed E-state index contributed by atoms with van der Waals surface area (Å²) in [5, 5.41) is 12.3. The summed E-state index contributed by atoms with van der Waals surface area (Å²) < 4.78 is 5.07. The molecule has 2 N–H and O–H groups in total. The summed E-state index contributed by atoms with van der Waals surface area (Å²) in [5.74, 6) is -0.535. The number of hydrogen-bond acceptors (Lipinski definition) is 4. The molecule has 1 aliphatic rings. The van der Waals surface area contributed by atoms with E-state index in [2.05, 4.69) is 5.32 Å². The second kappa shape index (κ2) is 8.67. The van der Waals surface area contributed by atoms with Crippen LogP contribution >= 0.6 is 11.6 Å². The van der Waals surface area contributed by atoms with E-state index in [-0.39, 0.29) is 24.3 Å². The Morgan fingerprint density at radius 1 is 1.50 bits per heavy atom. The molecule has 2 rings (SSSR count). The van der Waals surface area contributed by atoms with E-state index in [4.69, 9.17) is 21.6 Å². The quantitative estimate of drug-likeness (QED) is 0.776. The number of likely N-dealkylation sites (tertiary alicyclic amines) is 1. The Hall–Kier alpha value is -2.10. The fraction of sp³-hybridized carbons (Fsp3) is 0.471. The lowest BCUT2D eigenvalue weighted by molar-refractivity contribution is -0.899. The van der Waals surface area contributed by atoms with Crippen LogP contribution in [-0.4, -0.2) is 38.1 Å². The maximum atomic E-state index is 12.3. The number of ether oxygens (including phenoxy) is 1. The molecule has 1 aliphatic heterocycles. The van der Waals surface area contributed by atoms with Crippen molar-refractivity contribution in [2.75, 3.05) is 31.6 Å². The average Bonchev–Trinajstić information content (AvgIpc) is 2.55. The minimum absolute atomic E-state index is 0.151. The summed E-state index contributed by atoms with van der Waals surface area (Å²) in [6.45, 7) is 3.83. The first-order valence-corrected chi connectivity index (χ1v) is 8.41. The number of carbonyl (C=O) groups excluding carboxylic acids is 2. The second-order valence-electron chi connectivity index (χ2n) is 5.82. The Balaban J connectivity index is 1.94. The van der Waals surface area contributed by atoms with Crippen LogP contribution < -0.4 is 10.2 Å². The molecular formula is C17H21ClN3O3+. The lowest BCUT2D eigenvalue weighted by Crippen LogP contribution is -3.14. The molecule has 7 heteroatoms. The van der Waals surface area contributed by atoms with Crippen molar-refractivity contribution in [2.45, 2.75) is 19.8 Å². The molecule has 1 aromatic carbocycles. The molecule has 0 spiro atoms. The van der Waals surface area contributed by atoms with Gasteiger partial charge in [0.2, 0.25) is 0 Å². The highest BCUT2D eigenvalue weighted by Gasteiger charge is 2.30. The van der Waals surface area contributed by atoms with Crippen LogP contribution in [-0.2, 0) is 14.3 Å². The van der Waals surface area contributed by atoms with Crippen LogP contribution in [0.1, 0.15) is 25.3 Å². The van der Waals surface area contributed by atoms with E-state index in [0.29, 0.717) is 29.4 Å². The van der Waals surface area contributed by atoms with Crippen LogP contribution in [0.4, 0.5) is 5.69 Å². The highest BCUT2D eigenvalue weighted by atomic mass is 35.5. The second-order valence-corrected chi connectivity index (χ2v) is 6.26. The first-order valence-electron chi connectivity index (χ1n) is 8.03. The third-order valence-electron chi connectivity index (χ3n) is 4.02. The number of carbonyl (C=O) groups is 2. The molecule has 2 atom stereocenters. The molecule has 0 radical (unpaired) electrons.